The van der Waals surface area contributed by atoms with Crippen molar-refractivity contribution in [3.63, 3.8) is 0 Å². The van der Waals surface area contributed by atoms with Crippen LogP contribution in [-0.2, 0) is 22.6 Å². The maximum absolute atomic E-state index is 12.0. The van der Waals surface area contributed by atoms with Gasteiger partial charge in [-0.1, -0.05) is 37.3 Å². The Morgan fingerprint density at radius 3 is 2.31 bits per heavy atom. The fraction of sp³-hybridized carbons (Fsp3) is 0.174. The minimum atomic E-state index is -0.270. The number of para-hydroxylation sites is 2. The molecule has 0 saturated heterocycles. The lowest BCUT2D eigenvalue weighted by Crippen LogP contribution is -2.13. The van der Waals surface area contributed by atoms with Gasteiger partial charge in [-0.05, 0) is 42.3 Å². The maximum atomic E-state index is 12.0. The molecule has 1 amide bonds. The number of amides is 1. The third-order valence-corrected chi connectivity index (χ3v) is 4.00. The fourth-order valence-electron chi connectivity index (χ4n) is 2.37. The number of aryl methyl sites for hydroxylation is 1. The number of benzene rings is 2. The second-order valence-corrected chi connectivity index (χ2v) is 6.23. The summed E-state index contributed by atoms with van der Waals surface area (Å²) in [7, 11) is 0. The number of pyridine rings is 1. The van der Waals surface area contributed by atoms with E-state index < -0.39 is 0 Å². The highest BCUT2D eigenvalue weighted by molar-refractivity contribution is 6.05. The van der Waals surface area contributed by atoms with Gasteiger partial charge in [-0.2, -0.15) is 0 Å². The zero-order chi connectivity index (χ0) is 21.1. The molecule has 0 atom stereocenters. The summed E-state index contributed by atoms with van der Waals surface area (Å²) in [6, 6.07) is 18.5. The minimum absolute atomic E-state index is 0.143. The second-order valence-electron chi connectivity index (χ2n) is 6.23. The SMILES string of the molecule is CC(=O)OCc1cccnc1.CCc1ccc(C(=O)Nc2ccccc2N)cc1. The molecule has 3 aromatic rings. The van der Waals surface area contributed by atoms with E-state index in [0.29, 0.717) is 23.5 Å². The smallest absolute Gasteiger partial charge is 0.302 e. The zero-order valence-electron chi connectivity index (χ0n) is 16.6. The first-order chi connectivity index (χ1) is 14.0. The van der Waals surface area contributed by atoms with Crippen LogP contribution >= 0.6 is 0 Å². The lowest BCUT2D eigenvalue weighted by atomic mass is 10.1. The predicted molar refractivity (Wildman–Crippen MR) is 114 cm³/mol. The largest absolute Gasteiger partial charge is 0.461 e. The van der Waals surface area contributed by atoms with Crippen molar-refractivity contribution < 1.29 is 14.3 Å². The summed E-state index contributed by atoms with van der Waals surface area (Å²) in [5.41, 5.74) is 9.74. The number of ether oxygens (including phenoxy) is 1. The van der Waals surface area contributed by atoms with Gasteiger partial charge in [0.05, 0.1) is 11.4 Å². The normalized spacial score (nSPS) is 9.72. The molecule has 0 spiro atoms. The quantitative estimate of drug-likeness (QED) is 0.501. The average Bonchev–Trinajstić information content (AvgIpc) is 2.75. The Bertz CT molecular complexity index is 926. The number of rotatable bonds is 5. The van der Waals surface area contributed by atoms with Crippen LogP contribution in [0.15, 0.2) is 73.1 Å². The van der Waals surface area contributed by atoms with Gasteiger partial charge in [-0.25, -0.2) is 0 Å². The highest BCUT2D eigenvalue weighted by Gasteiger charge is 2.07. The standard InChI is InChI=1S/C15H16N2O.C8H9NO2/c1-2-11-7-9-12(10-8-11)15(18)17-14-6-4-3-5-13(14)16;1-7(10)11-6-8-3-2-4-9-5-8/h3-10H,2,16H2,1H3,(H,17,18);2-5H,6H2,1H3. The number of nitrogens with zero attached hydrogens (tertiary/aromatic N) is 1. The summed E-state index contributed by atoms with van der Waals surface area (Å²) in [5.74, 6) is -0.413. The Labute approximate surface area is 170 Å². The monoisotopic (exact) mass is 391 g/mol. The first-order valence-electron chi connectivity index (χ1n) is 9.26. The number of anilines is 2. The van der Waals surface area contributed by atoms with E-state index in [1.807, 2.05) is 42.5 Å². The fourth-order valence-corrected chi connectivity index (χ4v) is 2.37. The Morgan fingerprint density at radius 1 is 1.00 bits per heavy atom. The van der Waals surface area contributed by atoms with E-state index >= 15 is 0 Å². The molecule has 3 rings (SSSR count). The molecule has 2 aromatic carbocycles. The third-order valence-electron chi connectivity index (χ3n) is 4.00. The van der Waals surface area contributed by atoms with Crippen LogP contribution in [0.3, 0.4) is 0 Å². The van der Waals surface area contributed by atoms with Crippen molar-refractivity contribution in [1.82, 2.24) is 4.98 Å². The number of hydrogen-bond acceptors (Lipinski definition) is 5. The van der Waals surface area contributed by atoms with E-state index in [9.17, 15) is 9.59 Å². The second kappa shape index (κ2) is 11.2. The van der Waals surface area contributed by atoms with Crippen LogP contribution in [0.2, 0.25) is 0 Å². The summed E-state index contributed by atoms with van der Waals surface area (Å²) >= 11 is 0. The van der Waals surface area contributed by atoms with E-state index in [2.05, 4.69) is 17.2 Å². The summed E-state index contributed by atoms with van der Waals surface area (Å²) in [6.45, 7) is 3.78. The van der Waals surface area contributed by atoms with Gasteiger partial charge in [0.15, 0.2) is 0 Å². The molecule has 1 heterocycles. The highest BCUT2D eigenvalue weighted by Crippen LogP contribution is 2.18. The summed E-state index contributed by atoms with van der Waals surface area (Å²) in [5, 5.41) is 2.80. The molecule has 0 saturated carbocycles. The molecule has 29 heavy (non-hydrogen) atoms. The van der Waals surface area contributed by atoms with Gasteiger partial charge in [0.25, 0.3) is 5.91 Å². The molecule has 0 radical (unpaired) electrons. The van der Waals surface area contributed by atoms with Gasteiger partial charge in [-0.15, -0.1) is 0 Å². The van der Waals surface area contributed by atoms with Crippen LogP contribution in [-0.4, -0.2) is 16.9 Å². The molecule has 150 valence electrons. The molecule has 6 nitrogen and oxygen atoms in total. The van der Waals surface area contributed by atoms with Crippen molar-refractivity contribution in [3.05, 3.63) is 89.7 Å². The Hall–Kier alpha value is -3.67. The number of carbonyl (C=O) groups is 2. The van der Waals surface area contributed by atoms with Gasteiger partial charge in [0.1, 0.15) is 6.61 Å². The topological polar surface area (TPSA) is 94.3 Å². The molecule has 0 aliphatic carbocycles. The Kier molecular flexibility index (Phi) is 8.38. The van der Waals surface area contributed by atoms with Crippen molar-refractivity contribution in [2.45, 2.75) is 26.9 Å². The molecule has 0 aliphatic rings. The molecular formula is C23H25N3O3. The molecule has 6 heteroatoms. The zero-order valence-corrected chi connectivity index (χ0v) is 16.6. The molecule has 0 bridgehead atoms. The number of aromatic nitrogens is 1. The Morgan fingerprint density at radius 2 is 1.72 bits per heavy atom. The number of carbonyl (C=O) groups excluding carboxylic acids is 2. The van der Waals surface area contributed by atoms with Gasteiger partial charge in [-0.3, -0.25) is 14.6 Å². The van der Waals surface area contributed by atoms with E-state index in [-0.39, 0.29) is 11.9 Å². The van der Waals surface area contributed by atoms with Crippen molar-refractivity contribution in [1.29, 1.82) is 0 Å². The number of esters is 1. The first-order valence-corrected chi connectivity index (χ1v) is 9.26. The summed E-state index contributed by atoms with van der Waals surface area (Å²) in [6.07, 6.45) is 4.31. The van der Waals surface area contributed by atoms with Crippen LogP contribution < -0.4 is 11.1 Å². The van der Waals surface area contributed by atoms with Crippen LogP contribution in [0.25, 0.3) is 0 Å². The molecule has 0 fully saturated rings. The van der Waals surface area contributed by atoms with Crippen LogP contribution in [0.1, 0.15) is 35.3 Å². The highest BCUT2D eigenvalue weighted by atomic mass is 16.5. The van der Waals surface area contributed by atoms with Crippen LogP contribution in [0, 0.1) is 0 Å². The summed E-state index contributed by atoms with van der Waals surface area (Å²) in [4.78, 5) is 26.2. The number of hydrogen-bond donors (Lipinski definition) is 2. The third kappa shape index (κ3) is 7.46. The van der Waals surface area contributed by atoms with Gasteiger partial charge in [0.2, 0.25) is 0 Å². The van der Waals surface area contributed by atoms with E-state index in [0.717, 1.165) is 12.0 Å². The Balaban J connectivity index is 0.000000234. The molecule has 3 N–H and O–H groups in total. The van der Waals surface area contributed by atoms with Gasteiger partial charge in [0, 0.05) is 30.4 Å². The number of nitrogen functional groups attached to an aromatic ring is 1. The minimum Gasteiger partial charge on any atom is -0.461 e. The number of nitrogens with one attached hydrogen (secondary N) is 1. The van der Waals surface area contributed by atoms with Crippen LogP contribution in [0.5, 0.6) is 0 Å². The maximum Gasteiger partial charge on any atom is 0.302 e. The molecule has 0 aliphatic heterocycles. The van der Waals surface area contributed by atoms with Gasteiger partial charge >= 0.3 is 5.97 Å². The van der Waals surface area contributed by atoms with Crippen LogP contribution in [0.4, 0.5) is 11.4 Å². The number of nitrogens with two attached hydrogens (primary N) is 1. The predicted octanol–water partition coefficient (Wildman–Crippen LogP) is 4.23. The van der Waals surface area contributed by atoms with Crippen molar-refractivity contribution in [2.75, 3.05) is 11.1 Å². The molecule has 0 unspecified atom stereocenters. The molecule has 1 aromatic heterocycles. The van der Waals surface area contributed by atoms with Crippen molar-refractivity contribution in [3.8, 4) is 0 Å². The lowest BCUT2D eigenvalue weighted by Gasteiger charge is -2.08. The molecular weight excluding hydrogens is 366 g/mol. The van der Waals surface area contributed by atoms with E-state index in [1.165, 1.54) is 12.5 Å². The average molecular weight is 391 g/mol. The van der Waals surface area contributed by atoms with Crippen molar-refractivity contribution in [2.24, 2.45) is 0 Å². The summed E-state index contributed by atoms with van der Waals surface area (Å²) < 4.78 is 4.75. The van der Waals surface area contributed by atoms with E-state index in [4.69, 9.17) is 10.5 Å². The lowest BCUT2D eigenvalue weighted by molar-refractivity contribution is -0.142. The first kappa shape index (κ1) is 21.6. The van der Waals surface area contributed by atoms with E-state index in [1.54, 1.807) is 30.6 Å². The van der Waals surface area contributed by atoms with Gasteiger partial charge < -0.3 is 15.8 Å². The van der Waals surface area contributed by atoms with Crippen molar-refractivity contribution >= 4 is 23.3 Å².